The van der Waals surface area contributed by atoms with E-state index in [1.165, 1.54) is 0 Å². The van der Waals surface area contributed by atoms with E-state index < -0.39 is 11.5 Å². The number of nitrogens with zero attached hydrogens (tertiary/aromatic N) is 1. The quantitative estimate of drug-likeness (QED) is 0.906. The van der Waals surface area contributed by atoms with Gasteiger partial charge >= 0.3 is 0 Å². The van der Waals surface area contributed by atoms with E-state index in [1.54, 1.807) is 6.92 Å². The van der Waals surface area contributed by atoms with Crippen LogP contribution in [0.15, 0.2) is 60.7 Å². The van der Waals surface area contributed by atoms with Crippen LogP contribution in [-0.2, 0) is 5.41 Å². The molecule has 2 aromatic carbocycles. The summed E-state index contributed by atoms with van der Waals surface area (Å²) in [5, 5.41) is 19.6. The second-order valence-electron chi connectivity index (χ2n) is 4.80. The van der Waals surface area contributed by atoms with Crippen molar-refractivity contribution in [2.24, 2.45) is 0 Å². The molecule has 96 valence electrons. The minimum Gasteiger partial charge on any atom is -0.393 e. The molecular weight excluding hydrogens is 234 g/mol. The smallest absolute Gasteiger partial charge is 0.110 e. The number of benzene rings is 2. The number of hydrogen-bond donors (Lipinski definition) is 1. The number of rotatable bonds is 4. The first-order valence-electron chi connectivity index (χ1n) is 6.39. The molecular formula is C17H17NO. The predicted octanol–water partition coefficient (Wildman–Crippen LogP) is 3.27. The zero-order chi connectivity index (χ0) is 13.7. The lowest BCUT2D eigenvalue weighted by Gasteiger charge is -2.29. The molecule has 2 rings (SSSR count). The minimum atomic E-state index is -0.795. The van der Waals surface area contributed by atoms with E-state index in [9.17, 15) is 10.4 Å². The Balaban J connectivity index is 2.59. The molecule has 0 amide bonds. The van der Waals surface area contributed by atoms with Crippen LogP contribution >= 0.6 is 0 Å². The molecule has 2 aromatic rings. The Hall–Kier alpha value is -2.11. The van der Waals surface area contributed by atoms with Crippen LogP contribution in [0.2, 0.25) is 0 Å². The predicted molar refractivity (Wildman–Crippen MR) is 75.6 cm³/mol. The molecule has 0 spiro atoms. The Morgan fingerprint density at radius 3 is 1.74 bits per heavy atom. The number of hydrogen-bond acceptors (Lipinski definition) is 2. The fourth-order valence-electron chi connectivity index (χ4n) is 2.47. The third-order valence-electron chi connectivity index (χ3n) is 3.33. The van der Waals surface area contributed by atoms with Crippen LogP contribution < -0.4 is 0 Å². The monoisotopic (exact) mass is 251 g/mol. The van der Waals surface area contributed by atoms with E-state index in [-0.39, 0.29) is 0 Å². The number of nitriles is 1. The van der Waals surface area contributed by atoms with Crippen LogP contribution in [0.1, 0.15) is 24.5 Å². The molecule has 0 aromatic heterocycles. The van der Waals surface area contributed by atoms with E-state index in [4.69, 9.17) is 0 Å². The average Bonchev–Trinajstić information content (AvgIpc) is 2.46. The topological polar surface area (TPSA) is 44.0 Å². The first-order valence-corrected chi connectivity index (χ1v) is 6.39. The molecule has 2 nitrogen and oxygen atoms in total. The van der Waals surface area contributed by atoms with E-state index >= 15 is 0 Å². The highest BCUT2D eigenvalue weighted by Gasteiger charge is 2.35. The van der Waals surface area contributed by atoms with Crippen molar-refractivity contribution >= 4 is 0 Å². The second-order valence-corrected chi connectivity index (χ2v) is 4.80. The van der Waals surface area contributed by atoms with Gasteiger partial charge in [0.25, 0.3) is 0 Å². The Morgan fingerprint density at radius 2 is 1.42 bits per heavy atom. The molecule has 0 saturated heterocycles. The van der Waals surface area contributed by atoms with Gasteiger partial charge in [0.05, 0.1) is 12.2 Å². The molecule has 0 bridgehead atoms. The van der Waals surface area contributed by atoms with Crippen molar-refractivity contribution in [3.05, 3.63) is 71.8 Å². The SMILES string of the molecule is CC(O)CC(C#N)(c1ccccc1)c1ccccc1. The highest BCUT2D eigenvalue weighted by molar-refractivity contribution is 5.45. The molecule has 2 heteroatoms. The molecule has 0 saturated carbocycles. The second kappa shape index (κ2) is 5.69. The normalized spacial score (nSPS) is 12.7. The lowest BCUT2D eigenvalue weighted by molar-refractivity contribution is 0.169. The van der Waals surface area contributed by atoms with Crippen molar-refractivity contribution in [3.8, 4) is 6.07 Å². The van der Waals surface area contributed by atoms with Gasteiger partial charge in [-0.25, -0.2) is 0 Å². The fourth-order valence-corrected chi connectivity index (χ4v) is 2.47. The minimum absolute atomic E-state index is 0.386. The third-order valence-corrected chi connectivity index (χ3v) is 3.33. The van der Waals surface area contributed by atoms with Gasteiger partial charge in [0.15, 0.2) is 0 Å². The van der Waals surface area contributed by atoms with Crippen LogP contribution in [0.4, 0.5) is 0 Å². The van der Waals surface area contributed by atoms with Crippen LogP contribution in [0, 0.1) is 11.3 Å². The van der Waals surface area contributed by atoms with Crippen molar-refractivity contribution in [3.63, 3.8) is 0 Å². The molecule has 0 aliphatic carbocycles. The van der Waals surface area contributed by atoms with Crippen molar-refractivity contribution in [1.29, 1.82) is 5.26 Å². The molecule has 0 radical (unpaired) electrons. The fraction of sp³-hybridized carbons (Fsp3) is 0.235. The molecule has 19 heavy (non-hydrogen) atoms. The average molecular weight is 251 g/mol. The van der Waals surface area contributed by atoms with Gasteiger partial charge in [-0.05, 0) is 24.5 Å². The molecule has 0 aliphatic heterocycles. The van der Waals surface area contributed by atoms with Gasteiger partial charge in [0, 0.05) is 0 Å². The van der Waals surface area contributed by atoms with Crippen molar-refractivity contribution in [2.75, 3.05) is 0 Å². The van der Waals surface area contributed by atoms with Gasteiger partial charge in [0.2, 0.25) is 0 Å². The summed E-state index contributed by atoms with van der Waals surface area (Å²) in [5.74, 6) is 0. The lowest BCUT2D eigenvalue weighted by atomic mass is 9.72. The Kier molecular flexibility index (Phi) is 3.99. The van der Waals surface area contributed by atoms with Crippen molar-refractivity contribution in [1.82, 2.24) is 0 Å². The highest BCUT2D eigenvalue weighted by atomic mass is 16.3. The summed E-state index contributed by atoms with van der Waals surface area (Å²) >= 11 is 0. The molecule has 1 unspecified atom stereocenters. The zero-order valence-electron chi connectivity index (χ0n) is 11.0. The molecule has 1 N–H and O–H groups in total. The maximum atomic E-state index is 9.79. The van der Waals surface area contributed by atoms with E-state index in [0.29, 0.717) is 6.42 Å². The van der Waals surface area contributed by atoms with Gasteiger partial charge in [-0.2, -0.15) is 5.26 Å². The summed E-state index contributed by atoms with van der Waals surface area (Å²) in [7, 11) is 0. The summed E-state index contributed by atoms with van der Waals surface area (Å²) in [5.41, 5.74) is 1.05. The largest absolute Gasteiger partial charge is 0.393 e. The van der Waals surface area contributed by atoms with Gasteiger partial charge < -0.3 is 5.11 Å². The standard InChI is InChI=1S/C17H17NO/c1-14(19)12-17(13-18,15-8-4-2-5-9-15)16-10-6-3-7-11-16/h2-11,14,19H,12H2,1H3. The number of aliphatic hydroxyl groups excluding tert-OH is 1. The summed E-state index contributed by atoms with van der Waals surface area (Å²) in [4.78, 5) is 0. The maximum absolute atomic E-state index is 9.79. The number of aliphatic hydroxyl groups is 1. The van der Waals surface area contributed by atoms with Crippen molar-refractivity contribution in [2.45, 2.75) is 24.9 Å². The Labute approximate surface area is 114 Å². The first-order chi connectivity index (χ1) is 9.19. The van der Waals surface area contributed by atoms with Gasteiger partial charge in [0.1, 0.15) is 5.41 Å². The van der Waals surface area contributed by atoms with E-state index in [0.717, 1.165) is 11.1 Å². The summed E-state index contributed by atoms with van der Waals surface area (Å²) in [6.45, 7) is 1.72. The lowest BCUT2D eigenvalue weighted by Crippen LogP contribution is -2.30. The molecule has 0 heterocycles. The van der Waals surface area contributed by atoms with Gasteiger partial charge in [-0.1, -0.05) is 60.7 Å². The third kappa shape index (κ3) is 2.67. The summed E-state index contributed by atoms with van der Waals surface area (Å²) in [6.07, 6.45) is -0.155. The zero-order valence-corrected chi connectivity index (χ0v) is 11.0. The van der Waals surface area contributed by atoms with Gasteiger partial charge in [-0.3, -0.25) is 0 Å². The molecule has 0 fully saturated rings. The Bertz CT molecular complexity index is 515. The van der Waals surface area contributed by atoms with Crippen LogP contribution in [0.25, 0.3) is 0 Å². The Morgan fingerprint density at radius 1 is 1.00 bits per heavy atom. The highest BCUT2D eigenvalue weighted by Crippen LogP contribution is 2.36. The first kappa shape index (κ1) is 13.3. The van der Waals surface area contributed by atoms with Crippen molar-refractivity contribution < 1.29 is 5.11 Å². The molecule has 0 aliphatic rings. The summed E-state index contributed by atoms with van der Waals surface area (Å²) in [6, 6.07) is 21.7. The van der Waals surface area contributed by atoms with Crippen LogP contribution in [0.3, 0.4) is 0 Å². The maximum Gasteiger partial charge on any atom is 0.110 e. The van der Waals surface area contributed by atoms with Gasteiger partial charge in [-0.15, -0.1) is 0 Å². The van der Waals surface area contributed by atoms with Crippen LogP contribution in [0.5, 0.6) is 0 Å². The molecule has 1 atom stereocenters. The van der Waals surface area contributed by atoms with E-state index in [1.807, 2.05) is 60.7 Å². The van der Waals surface area contributed by atoms with E-state index in [2.05, 4.69) is 6.07 Å². The van der Waals surface area contributed by atoms with Crippen LogP contribution in [-0.4, -0.2) is 11.2 Å². The summed E-state index contributed by atoms with van der Waals surface area (Å²) < 4.78 is 0.